The zero-order chi connectivity index (χ0) is 10.0. The van der Waals surface area contributed by atoms with E-state index in [1.807, 2.05) is 0 Å². The first kappa shape index (κ1) is 9.98. The third kappa shape index (κ3) is 2.18. The maximum Gasteiger partial charge on any atom is 0.269 e. The number of carbonyl (C=O) groups is 1. The molecule has 1 heterocycles. The molecule has 0 bridgehead atoms. The third-order valence-corrected chi connectivity index (χ3v) is 2.12. The maximum atomic E-state index is 11.3. The summed E-state index contributed by atoms with van der Waals surface area (Å²) in [6, 6.07) is 3.11. The number of nitrogens with zero attached hydrogens (tertiary/aromatic N) is 1. The Morgan fingerprint density at radius 1 is 1.46 bits per heavy atom. The highest BCUT2D eigenvalue weighted by atomic mass is 79.9. The van der Waals surface area contributed by atoms with Crippen LogP contribution in [0.3, 0.4) is 0 Å². The quantitative estimate of drug-likeness (QED) is 0.797. The molecule has 13 heavy (non-hydrogen) atoms. The zero-order valence-electron chi connectivity index (χ0n) is 7.30. The average molecular weight is 245 g/mol. The lowest BCUT2D eigenvalue weighted by atomic mass is 10.3. The molecule has 1 amide bonds. The number of halogens is 1. The van der Waals surface area contributed by atoms with Gasteiger partial charge in [-0.25, -0.2) is 0 Å². The fourth-order valence-electron chi connectivity index (χ4n) is 0.822. The third-order valence-electron chi connectivity index (χ3n) is 1.50. The minimum atomic E-state index is -0.298. The lowest BCUT2D eigenvalue weighted by Gasteiger charge is -2.09. The van der Waals surface area contributed by atoms with Gasteiger partial charge in [0.2, 0.25) is 0 Å². The van der Waals surface area contributed by atoms with Gasteiger partial charge in [-0.15, -0.1) is 0 Å². The largest absolute Gasteiger partial charge is 0.344 e. The van der Waals surface area contributed by atoms with Gasteiger partial charge < -0.3 is 9.88 Å². The molecule has 1 aromatic heterocycles. The number of nitrogens with one attached hydrogen (secondary N) is 1. The fourth-order valence-corrected chi connectivity index (χ4v) is 1.05. The predicted octanol–water partition coefficient (Wildman–Crippen LogP) is 0.839. The Bertz CT molecular complexity index is 384. The molecule has 5 heteroatoms. The van der Waals surface area contributed by atoms with Crippen molar-refractivity contribution in [2.75, 3.05) is 14.1 Å². The van der Waals surface area contributed by atoms with E-state index < -0.39 is 0 Å². The average Bonchev–Trinajstić information content (AvgIpc) is 2.08. The van der Waals surface area contributed by atoms with Gasteiger partial charge in [-0.3, -0.25) is 9.59 Å². The zero-order valence-corrected chi connectivity index (χ0v) is 8.88. The molecule has 70 valence electrons. The molecule has 0 aliphatic heterocycles. The maximum absolute atomic E-state index is 11.3. The van der Waals surface area contributed by atoms with Crippen LogP contribution >= 0.6 is 15.9 Å². The summed E-state index contributed by atoms with van der Waals surface area (Å²) in [6.45, 7) is 0. The number of carbonyl (C=O) groups excluding carboxylic acids is 1. The van der Waals surface area contributed by atoms with Gasteiger partial charge in [0, 0.05) is 14.1 Å². The van der Waals surface area contributed by atoms with E-state index in [0.29, 0.717) is 10.2 Å². The van der Waals surface area contributed by atoms with Gasteiger partial charge in [0.15, 0.2) is 0 Å². The second-order valence-corrected chi connectivity index (χ2v) is 3.60. The molecule has 0 saturated carbocycles. The van der Waals surface area contributed by atoms with Gasteiger partial charge in [0.1, 0.15) is 5.69 Å². The molecule has 0 spiro atoms. The molecule has 0 fully saturated rings. The van der Waals surface area contributed by atoms with E-state index in [-0.39, 0.29) is 11.5 Å². The predicted molar refractivity (Wildman–Crippen MR) is 52.8 cm³/mol. The van der Waals surface area contributed by atoms with Crippen LogP contribution in [0.25, 0.3) is 0 Å². The highest BCUT2D eigenvalue weighted by Gasteiger charge is 2.08. The van der Waals surface area contributed by atoms with Crippen LogP contribution in [0.15, 0.2) is 21.4 Å². The number of aromatic amines is 1. The van der Waals surface area contributed by atoms with Crippen molar-refractivity contribution in [1.29, 1.82) is 0 Å². The van der Waals surface area contributed by atoms with E-state index in [2.05, 4.69) is 20.9 Å². The Morgan fingerprint density at radius 2 is 2.08 bits per heavy atom. The van der Waals surface area contributed by atoms with Crippen molar-refractivity contribution >= 4 is 21.8 Å². The van der Waals surface area contributed by atoms with E-state index in [1.54, 1.807) is 26.2 Å². The molecule has 0 aliphatic carbocycles. The second kappa shape index (κ2) is 3.74. The molecule has 0 aromatic carbocycles. The number of pyridine rings is 1. The Hall–Kier alpha value is -1.10. The highest BCUT2D eigenvalue weighted by molar-refractivity contribution is 9.10. The molecule has 0 unspecified atom stereocenters. The van der Waals surface area contributed by atoms with E-state index in [9.17, 15) is 9.59 Å². The van der Waals surface area contributed by atoms with Gasteiger partial charge >= 0.3 is 0 Å². The first-order chi connectivity index (χ1) is 6.02. The van der Waals surface area contributed by atoms with E-state index in [0.717, 1.165) is 0 Å². The summed E-state index contributed by atoms with van der Waals surface area (Å²) < 4.78 is 0.419. The summed E-state index contributed by atoms with van der Waals surface area (Å²) in [5.41, 5.74) is -0.00843. The summed E-state index contributed by atoms with van der Waals surface area (Å²) in [4.78, 5) is 26.3. The van der Waals surface area contributed by atoms with Crippen LogP contribution in [0, 0.1) is 0 Å². The number of hydrogen-bond acceptors (Lipinski definition) is 2. The minimum Gasteiger partial charge on any atom is -0.344 e. The number of amides is 1. The van der Waals surface area contributed by atoms with Crippen molar-refractivity contribution in [3.63, 3.8) is 0 Å². The number of rotatable bonds is 1. The van der Waals surface area contributed by atoms with Crippen LogP contribution in [0.2, 0.25) is 0 Å². The summed E-state index contributed by atoms with van der Waals surface area (Å²) in [5.74, 6) is -0.218. The molecule has 4 nitrogen and oxygen atoms in total. The second-order valence-electron chi connectivity index (χ2n) is 2.75. The smallest absolute Gasteiger partial charge is 0.269 e. The number of aromatic nitrogens is 1. The first-order valence-electron chi connectivity index (χ1n) is 3.63. The van der Waals surface area contributed by atoms with Crippen molar-refractivity contribution < 1.29 is 4.79 Å². The van der Waals surface area contributed by atoms with Crippen LogP contribution in [0.4, 0.5) is 0 Å². The van der Waals surface area contributed by atoms with Crippen LogP contribution < -0.4 is 5.56 Å². The van der Waals surface area contributed by atoms with Crippen molar-refractivity contribution in [2.45, 2.75) is 0 Å². The van der Waals surface area contributed by atoms with Gasteiger partial charge in [-0.2, -0.15) is 0 Å². The summed E-state index contributed by atoms with van der Waals surface area (Å²) >= 11 is 3.05. The van der Waals surface area contributed by atoms with E-state index in [1.165, 1.54) is 4.90 Å². The minimum absolute atomic E-state index is 0.218. The van der Waals surface area contributed by atoms with Crippen molar-refractivity contribution in [3.8, 4) is 0 Å². The van der Waals surface area contributed by atoms with Gasteiger partial charge in [-0.05, 0) is 28.1 Å². The standard InChI is InChI=1S/C8H9BrN2O2/c1-11(2)8(13)6-4-3-5(9)7(12)10-6/h3-4H,1-2H3,(H,10,12). The van der Waals surface area contributed by atoms with Crippen LogP contribution in [0.5, 0.6) is 0 Å². The first-order valence-corrected chi connectivity index (χ1v) is 4.42. The lowest BCUT2D eigenvalue weighted by molar-refractivity contribution is 0.0821. The molecule has 0 radical (unpaired) electrons. The van der Waals surface area contributed by atoms with Crippen LogP contribution in [-0.2, 0) is 0 Å². The van der Waals surface area contributed by atoms with Gasteiger partial charge in [0.25, 0.3) is 11.5 Å². The van der Waals surface area contributed by atoms with E-state index in [4.69, 9.17) is 0 Å². The molecular weight excluding hydrogens is 236 g/mol. The monoisotopic (exact) mass is 244 g/mol. The Morgan fingerprint density at radius 3 is 2.54 bits per heavy atom. The van der Waals surface area contributed by atoms with E-state index >= 15 is 0 Å². The Labute approximate surface area is 83.7 Å². The van der Waals surface area contributed by atoms with Crippen molar-refractivity contribution in [3.05, 3.63) is 32.7 Å². The van der Waals surface area contributed by atoms with Crippen molar-refractivity contribution in [2.24, 2.45) is 0 Å². The molecule has 1 rings (SSSR count). The molecule has 0 atom stereocenters. The van der Waals surface area contributed by atoms with Crippen molar-refractivity contribution in [1.82, 2.24) is 9.88 Å². The Balaban J connectivity index is 3.12. The molecule has 0 aliphatic rings. The molecule has 0 saturated heterocycles. The van der Waals surface area contributed by atoms with Gasteiger partial charge in [-0.1, -0.05) is 0 Å². The normalized spacial score (nSPS) is 9.77. The Kier molecular flexibility index (Phi) is 2.87. The molecule has 1 aromatic rings. The SMILES string of the molecule is CN(C)C(=O)c1ccc(Br)c(=O)[nH]1. The number of H-pyrrole nitrogens is 1. The summed E-state index contributed by atoms with van der Waals surface area (Å²) in [6.07, 6.45) is 0. The number of hydrogen-bond donors (Lipinski definition) is 1. The molecule has 1 N–H and O–H groups in total. The molecular formula is C8H9BrN2O2. The summed E-state index contributed by atoms with van der Waals surface area (Å²) in [7, 11) is 3.26. The highest BCUT2D eigenvalue weighted by Crippen LogP contribution is 2.03. The lowest BCUT2D eigenvalue weighted by Crippen LogP contribution is -2.25. The fraction of sp³-hybridized carbons (Fsp3) is 0.250. The van der Waals surface area contributed by atoms with Gasteiger partial charge in [0.05, 0.1) is 4.47 Å². The van der Waals surface area contributed by atoms with Crippen LogP contribution in [0.1, 0.15) is 10.5 Å². The topological polar surface area (TPSA) is 53.2 Å². The summed E-state index contributed by atoms with van der Waals surface area (Å²) in [5, 5.41) is 0. The van der Waals surface area contributed by atoms with Crippen LogP contribution in [-0.4, -0.2) is 29.9 Å².